The Labute approximate surface area is 199 Å². The van der Waals surface area contributed by atoms with Gasteiger partial charge in [-0.1, -0.05) is 0 Å². The third-order valence-corrected chi connectivity index (χ3v) is 15.2. The van der Waals surface area contributed by atoms with Crippen molar-refractivity contribution >= 4 is 41.2 Å². The molecule has 0 spiro atoms. The fraction of sp³-hybridized carbons (Fsp3) is 0.348. The van der Waals surface area contributed by atoms with Crippen LogP contribution in [-0.4, -0.2) is 43.1 Å². The monoisotopic (exact) mass is 615 g/mol. The van der Waals surface area contributed by atoms with E-state index in [4.69, 9.17) is 4.42 Å². The number of benzene rings is 2. The zero-order valence-corrected chi connectivity index (χ0v) is 22.5. The quantitative estimate of drug-likeness (QED) is 0.208. The van der Waals surface area contributed by atoms with Crippen LogP contribution in [0.3, 0.4) is 0 Å². The largest absolute Gasteiger partial charge is 0.508 e. The average Bonchev–Trinajstić information content (AvgIpc) is 2.73. The molecular weight excluding hydrogens is 587 g/mol. The second-order valence-electron chi connectivity index (χ2n) is 7.37. The van der Waals surface area contributed by atoms with Crippen LogP contribution in [0.2, 0.25) is 8.87 Å². The van der Waals surface area contributed by atoms with Crippen LogP contribution in [0.25, 0.3) is 22.3 Å². The molecule has 2 aromatic carbocycles. The summed E-state index contributed by atoms with van der Waals surface area (Å²) in [6, 6.07) is 5.53. The minimum atomic E-state index is -0.928. The van der Waals surface area contributed by atoms with Crippen molar-refractivity contribution in [3.63, 3.8) is 0 Å². The summed E-state index contributed by atoms with van der Waals surface area (Å²) < 4.78 is 8.44. The molecule has 5 N–H and O–H groups in total. The number of halogens is 1. The van der Waals surface area contributed by atoms with E-state index < -0.39 is 40.2 Å². The average molecular weight is 615 g/mol. The second-order valence-corrected chi connectivity index (χ2v) is 20.7. The first-order valence-corrected chi connectivity index (χ1v) is 20.9. The summed E-state index contributed by atoms with van der Waals surface area (Å²) >= 11 is 2.95. The zero-order chi connectivity index (χ0) is 23.8. The normalized spacial score (nSPS) is 10.9. The molecular formula is C23H28BrO7Sn. The van der Waals surface area contributed by atoms with Gasteiger partial charge >= 0.3 is 78.6 Å². The summed E-state index contributed by atoms with van der Waals surface area (Å²) in [7, 11) is 0. The van der Waals surface area contributed by atoms with E-state index in [2.05, 4.69) is 26.6 Å². The van der Waals surface area contributed by atoms with Gasteiger partial charge in [-0.15, -0.1) is 0 Å². The standard InChI is InChI=1S/C15H10O7.2C4H9.BrH.Sn/c16-6-1-2-8(9(18)3-6)15-14(21)13(20)12-10(19)4-7(17)5-11(12)22-15;2*1-3-4-2;;/h1-5,16-19,21H;2*1,3-4H2,2H3;1H;/q;;;;+1/p-1. The van der Waals surface area contributed by atoms with Gasteiger partial charge < -0.3 is 29.9 Å². The van der Waals surface area contributed by atoms with E-state index >= 15 is 0 Å². The van der Waals surface area contributed by atoms with Crippen molar-refractivity contribution in [2.45, 2.75) is 48.4 Å². The number of aromatic hydroxyl groups is 5. The van der Waals surface area contributed by atoms with Crippen molar-refractivity contribution in [3.05, 3.63) is 40.6 Å². The molecule has 3 rings (SSSR count). The van der Waals surface area contributed by atoms with E-state index in [0.717, 1.165) is 18.2 Å². The van der Waals surface area contributed by atoms with Gasteiger partial charge in [-0.05, 0) is 12.1 Å². The van der Waals surface area contributed by atoms with E-state index in [-0.39, 0.29) is 33.8 Å². The van der Waals surface area contributed by atoms with Crippen molar-refractivity contribution in [1.29, 1.82) is 0 Å². The second kappa shape index (κ2) is 12.2. The molecule has 0 saturated carbocycles. The van der Waals surface area contributed by atoms with E-state index in [9.17, 15) is 30.3 Å². The van der Waals surface area contributed by atoms with Crippen LogP contribution in [0.5, 0.6) is 28.7 Å². The van der Waals surface area contributed by atoms with E-state index in [0.29, 0.717) is 0 Å². The Morgan fingerprint density at radius 3 is 2.03 bits per heavy atom. The molecule has 1 radical (unpaired) electrons. The van der Waals surface area contributed by atoms with Gasteiger partial charge in [0.1, 0.15) is 34.0 Å². The van der Waals surface area contributed by atoms with Crippen molar-refractivity contribution in [2.75, 3.05) is 0 Å². The first kappa shape index (κ1) is 26.2. The molecule has 0 aliphatic carbocycles. The zero-order valence-electron chi connectivity index (χ0n) is 18.1. The minimum Gasteiger partial charge on any atom is -0.508 e. The Morgan fingerprint density at radius 1 is 0.875 bits per heavy atom. The van der Waals surface area contributed by atoms with Crippen LogP contribution in [0.15, 0.2) is 39.5 Å². The predicted molar refractivity (Wildman–Crippen MR) is 130 cm³/mol. The molecule has 0 aliphatic rings. The van der Waals surface area contributed by atoms with E-state index in [1.807, 2.05) is 0 Å². The predicted octanol–water partition coefficient (Wildman–Crippen LogP) is 5.96. The number of fused-ring (bicyclic) bond motifs is 1. The van der Waals surface area contributed by atoms with E-state index in [1.165, 1.54) is 37.8 Å². The fourth-order valence-electron chi connectivity index (χ4n) is 3.03. The van der Waals surface area contributed by atoms with Crippen LogP contribution in [-0.2, 0) is 0 Å². The summed E-state index contributed by atoms with van der Waals surface area (Å²) in [5, 5.41) is 47.9. The Morgan fingerprint density at radius 2 is 1.47 bits per heavy atom. The molecule has 0 saturated heterocycles. The molecule has 1 heterocycles. The molecule has 0 unspecified atom stereocenters. The van der Waals surface area contributed by atoms with Gasteiger partial charge in [0.25, 0.3) is 0 Å². The third-order valence-electron chi connectivity index (χ3n) is 4.76. The van der Waals surface area contributed by atoms with Crippen LogP contribution >= 0.6 is 12.7 Å². The number of phenols is 4. The fourth-order valence-corrected chi connectivity index (χ4v) is 11.7. The number of phenolic OH excluding ortho intramolecular Hbond substituents is 4. The summed E-state index contributed by atoms with van der Waals surface area (Å²) in [4.78, 5) is 12.2. The van der Waals surface area contributed by atoms with Crippen LogP contribution < -0.4 is 5.43 Å². The molecule has 173 valence electrons. The number of rotatable bonds is 7. The molecule has 7 nitrogen and oxygen atoms in total. The Kier molecular flexibility index (Phi) is 10.0. The molecule has 32 heavy (non-hydrogen) atoms. The topological polar surface area (TPSA) is 131 Å². The molecule has 0 fully saturated rings. The molecule has 0 atom stereocenters. The SMILES string of the molecule is CCC[CH2][Sn]([Br])[CH2]CCC.O=c1c(O)c(-c2ccc(O)cc2O)oc2cc(O)cc(O)c12. The van der Waals surface area contributed by atoms with Gasteiger partial charge in [-0.25, -0.2) is 0 Å². The van der Waals surface area contributed by atoms with Gasteiger partial charge in [0.2, 0.25) is 11.2 Å². The maximum atomic E-state index is 12.2. The first-order valence-electron chi connectivity index (χ1n) is 10.4. The smallest absolute Gasteiger partial charge is 0.238 e. The van der Waals surface area contributed by atoms with Gasteiger partial charge in [0, 0.05) is 18.2 Å². The number of unbranched alkanes of at least 4 members (excludes halogenated alkanes) is 2. The van der Waals surface area contributed by atoms with Gasteiger partial charge in [0.15, 0.2) is 5.76 Å². The maximum absolute atomic E-state index is 12.2. The summed E-state index contributed by atoms with van der Waals surface area (Å²) in [5.74, 6) is -2.66. The van der Waals surface area contributed by atoms with E-state index in [1.54, 1.807) is 8.87 Å². The van der Waals surface area contributed by atoms with Crippen molar-refractivity contribution in [2.24, 2.45) is 0 Å². The van der Waals surface area contributed by atoms with Crippen molar-refractivity contribution < 1.29 is 29.9 Å². The molecule has 9 heteroatoms. The Balaban J connectivity index is 0.000000309. The third kappa shape index (κ3) is 6.71. The van der Waals surface area contributed by atoms with Crippen molar-refractivity contribution in [1.82, 2.24) is 0 Å². The molecule has 0 bridgehead atoms. The van der Waals surface area contributed by atoms with Crippen LogP contribution in [0.1, 0.15) is 39.5 Å². The van der Waals surface area contributed by atoms with Gasteiger partial charge in [-0.2, -0.15) is 0 Å². The van der Waals surface area contributed by atoms with Crippen LogP contribution in [0.4, 0.5) is 0 Å². The summed E-state index contributed by atoms with van der Waals surface area (Å²) in [6.07, 6.45) is 5.68. The Bertz CT molecular complexity index is 1110. The molecule has 3 aromatic rings. The van der Waals surface area contributed by atoms with Gasteiger partial charge in [0.05, 0.1) is 5.56 Å². The number of hydrogen-bond acceptors (Lipinski definition) is 7. The minimum absolute atomic E-state index is 0.0304. The molecule has 0 aliphatic heterocycles. The molecule has 0 amide bonds. The van der Waals surface area contributed by atoms with Crippen LogP contribution in [0, 0.1) is 0 Å². The summed E-state index contributed by atoms with van der Waals surface area (Å²) in [5.41, 5.74) is -1.11. The summed E-state index contributed by atoms with van der Waals surface area (Å²) in [6.45, 7) is 4.56. The number of hydrogen-bond donors (Lipinski definition) is 5. The van der Waals surface area contributed by atoms with Crippen molar-refractivity contribution in [3.8, 4) is 40.1 Å². The van der Waals surface area contributed by atoms with Gasteiger partial charge in [-0.3, -0.25) is 4.79 Å². The first-order chi connectivity index (χ1) is 15.2. The Hall–Kier alpha value is -2.07. The maximum Gasteiger partial charge on any atom is 0.238 e. The molecule has 1 aromatic heterocycles.